The van der Waals surface area contributed by atoms with Crippen molar-refractivity contribution in [3.8, 4) is 5.75 Å². The van der Waals surface area contributed by atoms with Crippen molar-refractivity contribution in [3.05, 3.63) is 29.8 Å². The summed E-state index contributed by atoms with van der Waals surface area (Å²) in [5.41, 5.74) is 0.697. The average molecular weight is 316 g/mol. The van der Waals surface area contributed by atoms with Crippen LogP contribution in [-0.2, 0) is 0 Å². The lowest BCUT2D eigenvalue weighted by Crippen LogP contribution is -2.47. The van der Waals surface area contributed by atoms with Crippen molar-refractivity contribution in [2.45, 2.75) is 51.6 Å². The highest BCUT2D eigenvalue weighted by Crippen LogP contribution is 2.27. The molecule has 2 saturated heterocycles. The van der Waals surface area contributed by atoms with Gasteiger partial charge in [-0.05, 0) is 58.2 Å². The van der Waals surface area contributed by atoms with Gasteiger partial charge in [-0.15, -0.1) is 0 Å². The van der Waals surface area contributed by atoms with E-state index in [1.54, 1.807) is 0 Å². The third-order valence-corrected chi connectivity index (χ3v) is 5.24. The lowest BCUT2D eigenvalue weighted by molar-refractivity contribution is 0.0607. The van der Waals surface area contributed by atoms with Gasteiger partial charge in [0.2, 0.25) is 0 Å². The van der Waals surface area contributed by atoms with Crippen LogP contribution in [0.25, 0.3) is 0 Å². The number of para-hydroxylation sites is 1. The van der Waals surface area contributed by atoms with Gasteiger partial charge >= 0.3 is 0 Å². The Morgan fingerprint density at radius 1 is 1.17 bits per heavy atom. The van der Waals surface area contributed by atoms with Gasteiger partial charge < -0.3 is 9.64 Å². The monoisotopic (exact) mass is 316 g/mol. The van der Waals surface area contributed by atoms with Crippen LogP contribution in [0, 0.1) is 0 Å². The standard InChI is InChI=1S/C19H28N2O2/c1-3-23-18-9-5-4-8-17(18)19(22)20-13-10-16(11-14-20)21-12-6-7-15(21)2/h4-5,8-9,15-16H,3,6-7,10-14H2,1-2H3. The Hall–Kier alpha value is -1.55. The van der Waals surface area contributed by atoms with Crippen LogP contribution in [0.4, 0.5) is 0 Å². The number of likely N-dealkylation sites (tertiary alicyclic amines) is 2. The van der Waals surface area contributed by atoms with E-state index >= 15 is 0 Å². The highest BCUT2D eigenvalue weighted by molar-refractivity contribution is 5.97. The van der Waals surface area contributed by atoms with E-state index in [9.17, 15) is 4.79 Å². The molecule has 2 aliphatic rings. The summed E-state index contributed by atoms with van der Waals surface area (Å²) in [6.07, 6.45) is 4.82. The Morgan fingerprint density at radius 2 is 1.91 bits per heavy atom. The van der Waals surface area contributed by atoms with Crippen LogP contribution in [-0.4, -0.2) is 54.0 Å². The fraction of sp³-hybridized carbons (Fsp3) is 0.632. The zero-order valence-electron chi connectivity index (χ0n) is 14.3. The number of amides is 1. The number of hydrogen-bond donors (Lipinski definition) is 0. The number of carbonyl (C=O) groups excluding carboxylic acids is 1. The second-order valence-electron chi connectivity index (χ2n) is 6.68. The second kappa shape index (κ2) is 7.35. The summed E-state index contributed by atoms with van der Waals surface area (Å²) in [6.45, 7) is 7.80. The minimum Gasteiger partial charge on any atom is -0.493 e. The largest absolute Gasteiger partial charge is 0.493 e. The van der Waals surface area contributed by atoms with Gasteiger partial charge in [0.15, 0.2) is 0 Å². The van der Waals surface area contributed by atoms with Gasteiger partial charge in [-0.3, -0.25) is 9.69 Å². The Labute approximate surface area is 139 Å². The molecule has 0 radical (unpaired) electrons. The zero-order valence-corrected chi connectivity index (χ0v) is 14.3. The molecule has 0 aliphatic carbocycles. The van der Waals surface area contributed by atoms with Crippen molar-refractivity contribution in [3.63, 3.8) is 0 Å². The van der Waals surface area contributed by atoms with E-state index in [1.165, 1.54) is 19.4 Å². The molecule has 1 unspecified atom stereocenters. The quantitative estimate of drug-likeness (QED) is 0.855. The molecule has 1 atom stereocenters. The average Bonchev–Trinajstić information content (AvgIpc) is 3.01. The smallest absolute Gasteiger partial charge is 0.257 e. The predicted octanol–water partition coefficient (Wildman–Crippen LogP) is 3.17. The van der Waals surface area contributed by atoms with E-state index < -0.39 is 0 Å². The molecule has 1 aromatic carbocycles. The van der Waals surface area contributed by atoms with E-state index in [0.29, 0.717) is 30.0 Å². The molecule has 0 aromatic heterocycles. The maximum atomic E-state index is 12.8. The first-order chi connectivity index (χ1) is 11.2. The topological polar surface area (TPSA) is 32.8 Å². The fourth-order valence-electron chi connectivity index (χ4n) is 3.99. The molecule has 1 amide bonds. The van der Waals surface area contributed by atoms with Crippen LogP contribution >= 0.6 is 0 Å². The Bertz CT molecular complexity index is 538. The first-order valence-electron chi connectivity index (χ1n) is 8.97. The Kier molecular flexibility index (Phi) is 5.21. The highest BCUT2D eigenvalue weighted by atomic mass is 16.5. The molecule has 2 aliphatic heterocycles. The number of benzene rings is 1. The number of nitrogens with zero attached hydrogens (tertiary/aromatic N) is 2. The van der Waals surface area contributed by atoms with E-state index in [0.717, 1.165) is 25.9 Å². The lowest BCUT2D eigenvalue weighted by atomic mass is 10.0. The van der Waals surface area contributed by atoms with Crippen LogP contribution in [0.2, 0.25) is 0 Å². The third-order valence-electron chi connectivity index (χ3n) is 5.24. The van der Waals surface area contributed by atoms with Crippen LogP contribution in [0.5, 0.6) is 5.75 Å². The molecule has 3 rings (SSSR count). The second-order valence-corrected chi connectivity index (χ2v) is 6.68. The molecule has 0 saturated carbocycles. The normalized spacial score (nSPS) is 23.2. The Morgan fingerprint density at radius 3 is 2.57 bits per heavy atom. The summed E-state index contributed by atoms with van der Waals surface area (Å²) in [4.78, 5) is 17.5. The van der Waals surface area contributed by atoms with Gasteiger partial charge in [0.05, 0.1) is 12.2 Å². The van der Waals surface area contributed by atoms with Gasteiger partial charge in [-0.2, -0.15) is 0 Å². The molecule has 0 N–H and O–H groups in total. The molecule has 23 heavy (non-hydrogen) atoms. The highest BCUT2D eigenvalue weighted by Gasteiger charge is 2.32. The number of piperidine rings is 1. The molecule has 2 heterocycles. The van der Waals surface area contributed by atoms with Crippen molar-refractivity contribution in [1.29, 1.82) is 0 Å². The van der Waals surface area contributed by atoms with Gasteiger partial charge in [0.1, 0.15) is 5.75 Å². The maximum absolute atomic E-state index is 12.8. The van der Waals surface area contributed by atoms with Gasteiger partial charge in [0.25, 0.3) is 5.91 Å². The third kappa shape index (κ3) is 3.52. The minimum absolute atomic E-state index is 0.113. The van der Waals surface area contributed by atoms with Crippen molar-refractivity contribution < 1.29 is 9.53 Å². The van der Waals surface area contributed by atoms with Gasteiger partial charge in [-0.25, -0.2) is 0 Å². The minimum atomic E-state index is 0.113. The Balaban J connectivity index is 1.62. The van der Waals surface area contributed by atoms with Crippen molar-refractivity contribution in [2.75, 3.05) is 26.2 Å². The molecular formula is C19H28N2O2. The van der Waals surface area contributed by atoms with Crippen LogP contribution < -0.4 is 4.74 Å². The van der Waals surface area contributed by atoms with Crippen molar-refractivity contribution in [1.82, 2.24) is 9.80 Å². The molecule has 1 aromatic rings. The van der Waals surface area contributed by atoms with E-state index in [-0.39, 0.29) is 5.91 Å². The first-order valence-corrected chi connectivity index (χ1v) is 8.97. The lowest BCUT2D eigenvalue weighted by Gasteiger charge is -2.38. The first kappa shape index (κ1) is 16.3. The molecule has 126 valence electrons. The van der Waals surface area contributed by atoms with Crippen LogP contribution in [0.3, 0.4) is 0 Å². The molecule has 4 heteroatoms. The van der Waals surface area contributed by atoms with Gasteiger partial charge in [-0.1, -0.05) is 12.1 Å². The number of ether oxygens (including phenoxy) is 1. The summed E-state index contributed by atoms with van der Waals surface area (Å²) >= 11 is 0. The number of hydrogen-bond acceptors (Lipinski definition) is 3. The van der Waals surface area contributed by atoms with Gasteiger partial charge in [0, 0.05) is 25.2 Å². The zero-order chi connectivity index (χ0) is 16.2. The molecule has 0 bridgehead atoms. The SMILES string of the molecule is CCOc1ccccc1C(=O)N1CCC(N2CCCC2C)CC1. The number of carbonyl (C=O) groups is 1. The summed E-state index contributed by atoms with van der Waals surface area (Å²) in [6, 6.07) is 8.95. The van der Waals surface area contributed by atoms with E-state index in [1.807, 2.05) is 36.1 Å². The van der Waals surface area contributed by atoms with E-state index in [2.05, 4.69) is 11.8 Å². The predicted molar refractivity (Wildman–Crippen MR) is 91.9 cm³/mol. The summed E-state index contributed by atoms with van der Waals surface area (Å²) in [7, 11) is 0. The molecule has 0 spiro atoms. The summed E-state index contributed by atoms with van der Waals surface area (Å²) in [5.74, 6) is 0.817. The molecule has 2 fully saturated rings. The summed E-state index contributed by atoms with van der Waals surface area (Å²) in [5, 5.41) is 0. The maximum Gasteiger partial charge on any atom is 0.257 e. The van der Waals surface area contributed by atoms with Crippen molar-refractivity contribution in [2.24, 2.45) is 0 Å². The van der Waals surface area contributed by atoms with Crippen molar-refractivity contribution >= 4 is 5.91 Å². The molecular weight excluding hydrogens is 288 g/mol. The van der Waals surface area contributed by atoms with Crippen LogP contribution in [0.1, 0.15) is 49.9 Å². The fourth-order valence-corrected chi connectivity index (χ4v) is 3.99. The van der Waals surface area contributed by atoms with Crippen LogP contribution in [0.15, 0.2) is 24.3 Å². The summed E-state index contributed by atoms with van der Waals surface area (Å²) < 4.78 is 5.61. The molecule has 4 nitrogen and oxygen atoms in total. The van der Waals surface area contributed by atoms with E-state index in [4.69, 9.17) is 4.74 Å². The number of rotatable bonds is 4.